The lowest BCUT2D eigenvalue weighted by Crippen LogP contribution is -2.20. The van der Waals surface area contributed by atoms with Crippen LogP contribution in [0.2, 0.25) is 0 Å². The first-order chi connectivity index (χ1) is 4.70. The highest BCUT2D eigenvalue weighted by atomic mass is 16.4. The normalized spacial score (nSPS) is 16.8. The monoisotopic (exact) mass is 140 g/mol. The summed E-state index contributed by atoms with van der Waals surface area (Å²) >= 11 is 0. The summed E-state index contributed by atoms with van der Waals surface area (Å²) in [7, 11) is 0. The molecule has 0 atom stereocenters. The van der Waals surface area contributed by atoms with Crippen molar-refractivity contribution in [1.82, 2.24) is 0 Å². The van der Waals surface area contributed by atoms with E-state index in [1.807, 2.05) is 0 Å². The van der Waals surface area contributed by atoms with E-state index in [0.29, 0.717) is 0 Å². The fourth-order valence-electron chi connectivity index (χ4n) is 0.490. The van der Waals surface area contributed by atoms with Gasteiger partial charge in [-0.25, -0.2) is 9.79 Å². The van der Waals surface area contributed by atoms with Gasteiger partial charge in [-0.2, -0.15) is 0 Å². The predicted molar refractivity (Wildman–Crippen MR) is 33.4 cm³/mol. The molecule has 1 N–H and O–H groups in total. The second kappa shape index (κ2) is 2.38. The number of nitrogens with zero attached hydrogens (tertiary/aromatic N) is 2. The number of amides is 1. The molecule has 0 aromatic rings. The topological polar surface area (TPSA) is 79.1 Å². The first-order valence-corrected chi connectivity index (χ1v) is 2.55. The number of rotatable bonds is 1. The SMILES string of the molecule is O=C1CN=C(C(=O)O)C=N1. The van der Waals surface area contributed by atoms with Gasteiger partial charge in [0.15, 0.2) is 5.71 Å². The molecule has 0 spiro atoms. The molecule has 0 aromatic carbocycles. The fraction of sp³-hybridized carbons (Fsp3) is 0.200. The maximum absolute atomic E-state index is 10.3. The Kier molecular flexibility index (Phi) is 1.57. The molecule has 5 heteroatoms. The summed E-state index contributed by atoms with van der Waals surface area (Å²) in [5.74, 6) is -1.57. The van der Waals surface area contributed by atoms with Crippen LogP contribution in [0.3, 0.4) is 0 Å². The van der Waals surface area contributed by atoms with Crippen LogP contribution < -0.4 is 0 Å². The van der Waals surface area contributed by atoms with Crippen molar-refractivity contribution in [3.8, 4) is 0 Å². The highest BCUT2D eigenvalue weighted by Gasteiger charge is 2.11. The Balaban J connectivity index is 2.77. The molecule has 0 unspecified atom stereocenters. The van der Waals surface area contributed by atoms with Crippen LogP contribution in [-0.2, 0) is 9.59 Å². The van der Waals surface area contributed by atoms with E-state index in [9.17, 15) is 9.59 Å². The van der Waals surface area contributed by atoms with E-state index in [2.05, 4.69) is 9.98 Å². The number of aliphatic carboxylic acids is 1. The minimum absolute atomic E-state index is 0.155. The lowest BCUT2D eigenvalue weighted by atomic mass is 10.3. The Morgan fingerprint density at radius 1 is 1.70 bits per heavy atom. The van der Waals surface area contributed by atoms with E-state index in [0.717, 1.165) is 6.21 Å². The Morgan fingerprint density at radius 3 is 2.80 bits per heavy atom. The first-order valence-electron chi connectivity index (χ1n) is 2.55. The van der Waals surface area contributed by atoms with Crippen molar-refractivity contribution in [2.45, 2.75) is 0 Å². The van der Waals surface area contributed by atoms with Crippen molar-refractivity contribution in [3.63, 3.8) is 0 Å². The molecule has 1 aliphatic rings. The van der Waals surface area contributed by atoms with Gasteiger partial charge in [0.2, 0.25) is 0 Å². The van der Waals surface area contributed by atoms with Gasteiger partial charge in [-0.1, -0.05) is 0 Å². The highest BCUT2D eigenvalue weighted by molar-refractivity contribution is 6.59. The average molecular weight is 140 g/mol. The van der Waals surface area contributed by atoms with Crippen molar-refractivity contribution >= 4 is 23.8 Å². The number of carbonyl (C=O) groups is 2. The van der Waals surface area contributed by atoms with Gasteiger partial charge in [0.25, 0.3) is 5.91 Å². The van der Waals surface area contributed by atoms with E-state index in [4.69, 9.17) is 5.11 Å². The maximum atomic E-state index is 10.3. The number of hydrogen-bond donors (Lipinski definition) is 1. The molecule has 5 nitrogen and oxygen atoms in total. The van der Waals surface area contributed by atoms with E-state index < -0.39 is 11.9 Å². The molecule has 1 rings (SSSR count). The van der Waals surface area contributed by atoms with Crippen molar-refractivity contribution in [1.29, 1.82) is 0 Å². The Morgan fingerprint density at radius 2 is 2.40 bits per heavy atom. The van der Waals surface area contributed by atoms with Crippen LogP contribution in [0.4, 0.5) is 0 Å². The van der Waals surface area contributed by atoms with Crippen LogP contribution in [0, 0.1) is 0 Å². The number of carbonyl (C=O) groups excluding carboxylic acids is 1. The molecule has 0 aliphatic carbocycles. The minimum Gasteiger partial charge on any atom is -0.476 e. The lowest BCUT2D eigenvalue weighted by molar-refractivity contribution is -0.129. The molecule has 0 fully saturated rings. The smallest absolute Gasteiger partial charge is 0.355 e. The molecular weight excluding hydrogens is 136 g/mol. The summed E-state index contributed by atoms with van der Waals surface area (Å²) in [6.45, 7) is -0.155. The standard InChI is InChI=1S/C5H4N2O3/c8-4-2-6-3(1-7-4)5(9)10/h1H,2H2,(H,9,10). The van der Waals surface area contributed by atoms with Gasteiger partial charge in [0.1, 0.15) is 6.54 Å². The zero-order valence-corrected chi connectivity index (χ0v) is 4.94. The van der Waals surface area contributed by atoms with E-state index in [-0.39, 0.29) is 12.3 Å². The van der Waals surface area contributed by atoms with E-state index in [1.165, 1.54) is 0 Å². The van der Waals surface area contributed by atoms with Crippen LogP contribution in [-0.4, -0.2) is 35.5 Å². The van der Waals surface area contributed by atoms with Gasteiger partial charge in [0.05, 0.1) is 6.21 Å². The number of carboxylic acids is 1. The van der Waals surface area contributed by atoms with Gasteiger partial charge < -0.3 is 5.11 Å². The van der Waals surface area contributed by atoms with Crippen LogP contribution in [0.5, 0.6) is 0 Å². The summed E-state index contributed by atoms with van der Waals surface area (Å²) in [5, 5.41) is 8.29. The van der Waals surface area contributed by atoms with Crippen molar-refractivity contribution < 1.29 is 14.7 Å². The zero-order chi connectivity index (χ0) is 7.56. The summed E-state index contributed by atoms with van der Waals surface area (Å²) in [5.41, 5.74) is -0.167. The summed E-state index contributed by atoms with van der Waals surface area (Å²) in [6.07, 6.45) is 0.953. The van der Waals surface area contributed by atoms with Gasteiger partial charge in [-0.3, -0.25) is 9.79 Å². The number of carboxylic acid groups (broad SMARTS) is 1. The molecule has 0 aromatic heterocycles. The largest absolute Gasteiger partial charge is 0.476 e. The molecule has 52 valence electrons. The van der Waals surface area contributed by atoms with Gasteiger partial charge in [0, 0.05) is 0 Å². The van der Waals surface area contributed by atoms with Crippen LogP contribution in [0.25, 0.3) is 0 Å². The Labute approximate surface area is 56.1 Å². The molecule has 0 saturated heterocycles. The number of hydrogen-bond acceptors (Lipinski definition) is 3. The summed E-state index contributed by atoms with van der Waals surface area (Å²) < 4.78 is 0. The third-order valence-electron chi connectivity index (χ3n) is 0.935. The summed E-state index contributed by atoms with van der Waals surface area (Å²) in [6, 6.07) is 0. The van der Waals surface area contributed by atoms with E-state index >= 15 is 0 Å². The third kappa shape index (κ3) is 1.25. The second-order valence-corrected chi connectivity index (χ2v) is 1.66. The lowest BCUT2D eigenvalue weighted by Gasteiger charge is -1.97. The Bertz CT molecular complexity index is 241. The van der Waals surface area contributed by atoms with E-state index in [1.54, 1.807) is 0 Å². The molecular formula is C5H4N2O3. The average Bonchev–Trinajstić information content (AvgIpc) is 1.88. The molecule has 0 bridgehead atoms. The quantitative estimate of drug-likeness (QED) is 0.513. The first kappa shape index (κ1) is 6.60. The van der Waals surface area contributed by atoms with Crippen LogP contribution >= 0.6 is 0 Å². The predicted octanol–water partition coefficient (Wildman–Crippen LogP) is -0.877. The van der Waals surface area contributed by atoms with Gasteiger partial charge in [-0.15, -0.1) is 0 Å². The third-order valence-corrected chi connectivity index (χ3v) is 0.935. The number of aliphatic imine (C=N–C) groups is 2. The van der Waals surface area contributed by atoms with Crippen LogP contribution in [0.1, 0.15) is 0 Å². The molecule has 10 heavy (non-hydrogen) atoms. The molecule has 1 heterocycles. The molecule has 0 saturated carbocycles. The fourth-order valence-corrected chi connectivity index (χ4v) is 0.490. The van der Waals surface area contributed by atoms with Crippen molar-refractivity contribution in [3.05, 3.63) is 0 Å². The second-order valence-electron chi connectivity index (χ2n) is 1.66. The maximum Gasteiger partial charge on any atom is 0.355 e. The highest BCUT2D eigenvalue weighted by Crippen LogP contribution is 1.87. The van der Waals surface area contributed by atoms with Crippen LogP contribution in [0.15, 0.2) is 9.98 Å². The van der Waals surface area contributed by atoms with Gasteiger partial charge in [-0.05, 0) is 0 Å². The van der Waals surface area contributed by atoms with Crippen molar-refractivity contribution in [2.75, 3.05) is 6.54 Å². The summed E-state index contributed by atoms with van der Waals surface area (Å²) in [4.78, 5) is 27.1. The molecule has 0 radical (unpaired) electrons. The Hall–Kier alpha value is -1.52. The van der Waals surface area contributed by atoms with Gasteiger partial charge >= 0.3 is 5.97 Å². The molecule has 1 aliphatic heterocycles. The minimum atomic E-state index is -1.16. The van der Waals surface area contributed by atoms with Crippen molar-refractivity contribution in [2.24, 2.45) is 9.98 Å². The zero-order valence-electron chi connectivity index (χ0n) is 4.94. The molecule has 1 amide bonds.